The van der Waals surface area contributed by atoms with Crippen molar-refractivity contribution in [3.8, 4) is 5.75 Å². The molecule has 0 aliphatic carbocycles. The highest BCUT2D eigenvalue weighted by molar-refractivity contribution is 7.13. The zero-order chi connectivity index (χ0) is 17.0. The van der Waals surface area contributed by atoms with Gasteiger partial charge in [-0.05, 0) is 44.2 Å². The van der Waals surface area contributed by atoms with Crippen LogP contribution in [-0.2, 0) is 11.3 Å². The fourth-order valence-corrected chi connectivity index (χ4v) is 2.81. The van der Waals surface area contributed by atoms with E-state index in [1.807, 2.05) is 0 Å². The Morgan fingerprint density at radius 1 is 1.30 bits per heavy atom. The number of carbonyl (C=O) groups is 2. The number of carboxylic acids is 1. The number of rotatable bonds is 6. The van der Waals surface area contributed by atoms with E-state index < -0.39 is 11.6 Å². The number of benzene rings is 1. The summed E-state index contributed by atoms with van der Waals surface area (Å²) < 4.78 is 5.69. The number of nitrogens with one attached hydrogen (secondary N) is 1. The Bertz CT molecular complexity index is 726. The van der Waals surface area contributed by atoms with Gasteiger partial charge in [0.15, 0.2) is 5.60 Å². The summed E-state index contributed by atoms with van der Waals surface area (Å²) in [6.07, 6.45) is 0. The van der Waals surface area contributed by atoms with Crippen molar-refractivity contribution in [1.29, 1.82) is 0 Å². The first kappa shape index (κ1) is 17.3. The third kappa shape index (κ3) is 4.71. The van der Waals surface area contributed by atoms with Gasteiger partial charge in [0.2, 0.25) is 0 Å². The van der Waals surface area contributed by atoms with Gasteiger partial charge in [-0.2, -0.15) is 0 Å². The van der Waals surface area contributed by atoms with Crippen molar-refractivity contribution in [3.05, 3.63) is 51.2 Å². The van der Waals surface area contributed by atoms with Crippen LogP contribution in [-0.4, -0.2) is 22.6 Å². The van der Waals surface area contributed by atoms with Crippen molar-refractivity contribution >= 4 is 34.8 Å². The van der Waals surface area contributed by atoms with Crippen LogP contribution < -0.4 is 10.1 Å². The topological polar surface area (TPSA) is 75.6 Å². The zero-order valence-corrected chi connectivity index (χ0v) is 14.2. The van der Waals surface area contributed by atoms with Crippen molar-refractivity contribution in [2.75, 3.05) is 0 Å². The number of thiophene rings is 1. The molecule has 0 unspecified atom stereocenters. The minimum absolute atomic E-state index is 0.240. The zero-order valence-electron chi connectivity index (χ0n) is 12.6. The quantitative estimate of drug-likeness (QED) is 0.832. The van der Waals surface area contributed by atoms with E-state index in [9.17, 15) is 9.59 Å². The average molecular weight is 354 g/mol. The van der Waals surface area contributed by atoms with Crippen LogP contribution in [0.15, 0.2) is 36.4 Å². The molecule has 0 saturated heterocycles. The first-order chi connectivity index (χ1) is 10.8. The van der Waals surface area contributed by atoms with Crippen LogP contribution >= 0.6 is 22.9 Å². The molecule has 0 saturated carbocycles. The third-order valence-corrected chi connectivity index (χ3v) is 4.32. The van der Waals surface area contributed by atoms with Crippen LogP contribution in [0.3, 0.4) is 0 Å². The molecule has 0 fully saturated rings. The van der Waals surface area contributed by atoms with Gasteiger partial charge in [0, 0.05) is 9.90 Å². The van der Waals surface area contributed by atoms with Crippen LogP contribution in [0.4, 0.5) is 0 Å². The number of hydrogen-bond donors (Lipinski definition) is 2. The summed E-state index contributed by atoms with van der Waals surface area (Å²) in [6, 6.07) is 10.0. The highest BCUT2D eigenvalue weighted by atomic mass is 35.5. The van der Waals surface area contributed by atoms with Gasteiger partial charge in [-0.15, -0.1) is 11.3 Å². The Balaban J connectivity index is 1.96. The molecule has 23 heavy (non-hydrogen) atoms. The lowest BCUT2D eigenvalue weighted by molar-refractivity contribution is -0.134. The summed E-state index contributed by atoms with van der Waals surface area (Å²) in [5.74, 6) is -0.776. The molecule has 0 aliphatic heterocycles. The summed E-state index contributed by atoms with van der Waals surface area (Å²) in [5, 5.41) is 12.2. The molecule has 2 N–H and O–H groups in total. The summed E-state index contributed by atoms with van der Waals surface area (Å²) in [6.45, 7) is 3.56. The van der Waals surface area contributed by atoms with E-state index in [1.165, 1.54) is 6.07 Å². The van der Waals surface area contributed by atoms with Crippen molar-refractivity contribution < 1.29 is 19.4 Å². The molecule has 5 nitrogen and oxygen atoms in total. The summed E-state index contributed by atoms with van der Waals surface area (Å²) in [7, 11) is 0. The molecule has 7 heteroatoms. The van der Waals surface area contributed by atoms with E-state index in [4.69, 9.17) is 21.4 Å². The summed E-state index contributed by atoms with van der Waals surface area (Å²) in [4.78, 5) is 24.1. The Labute approximate surface area is 142 Å². The van der Waals surface area contributed by atoms with Crippen molar-refractivity contribution in [3.63, 3.8) is 0 Å². The van der Waals surface area contributed by atoms with E-state index in [-0.39, 0.29) is 17.3 Å². The molecule has 1 aromatic carbocycles. The Kier molecular flexibility index (Phi) is 5.28. The molecule has 0 atom stereocenters. The molecule has 0 bridgehead atoms. The van der Waals surface area contributed by atoms with E-state index in [2.05, 4.69) is 5.32 Å². The lowest BCUT2D eigenvalue weighted by Crippen LogP contribution is -2.46. The normalized spacial score (nSPS) is 11.1. The van der Waals surface area contributed by atoms with Crippen LogP contribution in [0.25, 0.3) is 0 Å². The second kappa shape index (κ2) is 7.02. The number of amides is 1. The number of halogens is 1. The maximum atomic E-state index is 12.3. The molecular weight excluding hydrogens is 338 g/mol. The van der Waals surface area contributed by atoms with Gasteiger partial charge in [0.05, 0.1) is 6.54 Å². The second-order valence-electron chi connectivity index (χ2n) is 5.32. The molecule has 1 aromatic heterocycles. The van der Waals surface area contributed by atoms with Crippen LogP contribution in [0.2, 0.25) is 5.02 Å². The first-order valence-corrected chi connectivity index (χ1v) is 8.02. The smallest absolute Gasteiger partial charge is 0.345 e. The van der Waals surface area contributed by atoms with Gasteiger partial charge in [-0.25, -0.2) is 4.79 Å². The van der Waals surface area contributed by atoms with Crippen LogP contribution in [0.1, 0.15) is 28.4 Å². The summed E-state index contributed by atoms with van der Waals surface area (Å²) in [5.41, 5.74) is -1.09. The average Bonchev–Trinajstić information content (AvgIpc) is 2.93. The maximum absolute atomic E-state index is 12.3. The van der Waals surface area contributed by atoms with Crippen LogP contribution in [0.5, 0.6) is 5.75 Å². The molecule has 2 aromatic rings. The Morgan fingerprint density at radius 2 is 2.04 bits per heavy atom. The molecule has 1 amide bonds. The minimum Gasteiger partial charge on any atom is -0.478 e. The van der Waals surface area contributed by atoms with Gasteiger partial charge in [0.25, 0.3) is 5.91 Å². The predicted octanol–water partition coefficient (Wildman–Crippen LogP) is 3.57. The fraction of sp³-hybridized carbons (Fsp3) is 0.250. The van der Waals surface area contributed by atoms with Gasteiger partial charge in [-0.1, -0.05) is 17.7 Å². The number of carbonyl (C=O) groups excluding carboxylic acids is 1. The van der Waals surface area contributed by atoms with E-state index >= 15 is 0 Å². The highest BCUT2D eigenvalue weighted by Crippen LogP contribution is 2.22. The molecule has 122 valence electrons. The monoisotopic (exact) mass is 353 g/mol. The van der Waals surface area contributed by atoms with Gasteiger partial charge >= 0.3 is 5.97 Å². The third-order valence-electron chi connectivity index (χ3n) is 3.01. The first-order valence-electron chi connectivity index (χ1n) is 6.83. The largest absolute Gasteiger partial charge is 0.478 e. The van der Waals surface area contributed by atoms with Crippen LogP contribution in [0, 0.1) is 0 Å². The van der Waals surface area contributed by atoms with Crippen molar-refractivity contribution in [1.82, 2.24) is 5.32 Å². The molecular formula is C16H16ClNO4S. The predicted molar refractivity (Wildman–Crippen MR) is 89.3 cm³/mol. The molecule has 0 spiro atoms. The lowest BCUT2D eigenvalue weighted by Gasteiger charge is -2.25. The Morgan fingerprint density at radius 3 is 2.65 bits per heavy atom. The van der Waals surface area contributed by atoms with Gasteiger partial charge < -0.3 is 15.2 Å². The van der Waals surface area contributed by atoms with E-state index in [0.717, 1.165) is 16.2 Å². The highest BCUT2D eigenvalue weighted by Gasteiger charge is 2.29. The Hall–Kier alpha value is -2.05. The van der Waals surface area contributed by atoms with E-state index in [0.29, 0.717) is 10.8 Å². The van der Waals surface area contributed by atoms with E-state index in [1.54, 1.807) is 44.2 Å². The lowest BCUT2D eigenvalue weighted by atomic mass is 10.1. The number of hydrogen-bond acceptors (Lipinski definition) is 4. The second-order valence-corrected chi connectivity index (χ2v) is 6.93. The number of aromatic carboxylic acids is 1. The number of carboxylic acid groups (broad SMARTS) is 1. The van der Waals surface area contributed by atoms with Crippen molar-refractivity contribution in [2.24, 2.45) is 0 Å². The fourth-order valence-electron chi connectivity index (χ4n) is 1.84. The molecule has 2 rings (SSSR count). The van der Waals surface area contributed by atoms with Gasteiger partial charge in [0.1, 0.15) is 10.6 Å². The number of ether oxygens (including phenoxy) is 1. The SMILES string of the molecule is CC(C)(Oc1cccc(Cl)c1)C(=O)NCc1ccc(C(=O)O)s1. The van der Waals surface area contributed by atoms with Crippen molar-refractivity contribution in [2.45, 2.75) is 26.0 Å². The molecule has 0 radical (unpaired) electrons. The summed E-state index contributed by atoms with van der Waals surface area (Å²) >= 11 is 7.02. The molecule has 1 heterocycles. The maximum Gasteiger partial charge on any atom is 0.345 e. The van der Waals surface area contributed by atoms with Gasteiger partial charge in [-0.3, -0.25) is 4.79 Å². The molecule has 0 aliphatic rings. The minimum atomic E-state index is -1.09. The standard InChI is InChI=1S/C16H16ClNO4S/c1-16(2,22-11-5-3-4-10(17)8-11)15(21)18-9-12-6-7-13(23-12)14(19)20/h3-8H,9H2,1-2H3,(H,18,21)(H,19,20).